The lowest BCUT2D eigenvalue weighted by Gasteiger charge is -2.06. The topological polar surface area (TPSA) is 121 Å². The van der Waals surface area contributed by atoms with Crippen molar-refractivity contribution in [3.8, 4) is 33.9 Å². The summed E-state index contributed by atoms with van der Waals surface area (Å²) >= 11 is 0. The maximum absolute atomic E-state index is 5.85. The summed E-state index contributed by atoms with van der Waals surface area (Å²) in [5, 5.41) is 3.47. The predicted molar refractivity (Wildman–Crippen MR) is 115 cm³/mol. The molecule has 4 heterocycles. The van der Waals surface area contributed by atoms with E-state index in [-0.39, 0.29) is 6.04 Å². The SMILES string of the molecule is C[C@H](N)c1ncc(-c2cnc(-c3ccc(-c4cnc([C@@H]5CCCN5)[nH]4)cc3)cn2)[nH]1. The lowest BCUT2D eigenvalue weighted by Crippen LogP contribution is -2.14. The largest absolute Gasteiger partial charge is 0.341 e. The minimum Gasteiger partial charge on any atom is -0.341 e. The Balaban J connectivity index is 1.32. The van der Waals surface area contributed by atoms with E-state index in [2.05, 4.69) is 59.5 Å². The smallest absolute Gasteiger partial charge is 0.123 e. The second-order valence-corrected chi connectivity index (χ2v) is 7.67. The van der Waals surface area contributed by atoms with E-state index in [1.165, 1.54) is 6.42 Å². The van der Waals surface area contributed by atoms with Gasteiger partial charge in [0.25, 0.3) is 0 Å². The zero-order chi connectivity index (χ0) is 20.5. The number of aromatic nitrogens is 6. The summed E-state index contributed by atoms with van der Waals surface area (Å²) < 4.78 is 0. The van der Waals surface area contributed by atoms with Crippen molar-refractivity contribution in [2.45, 2.75) is 31.8 Å². The van der Waals surface area contributed by atoms with Gasteiger partial charge in [-0.05, 0) is 31.9 Å². The molecular weight excluding hydrogens is 376 g/mol. The second-order valence-electron chi connectivity index (χ2n) is 7.67. The predicted octanol–water partition coefficient (Wildman–Crippen LogP) is 3.37. The van der Waals surface area contributed by atoms with Gasteiger partial charge in [0.2, 0.25) is 0 Å². The summed E-state index contributed by atoms with van der Waals surface area (Å²) in [4.78, 5) is 24.6. The van der Waals surface area contributed by atoms with Crippen LogP contribution in [0, 0.1) is 0 Å². The van der Waals surface area contributed by atoms with Crippen LogP contribution in [0.2, 0.25) is 0 Å². The van der Waals surface area contributed by atoms with Gasteiger partial charge in [-0.3, -0.25) is 9.97 Å². The van der Waals surface area contributed by atoms with E-state index in [1.807, 2.05) is 13.1 Å². The van der Waals surface area contributed by atoms with Gasteiger partial charge >= 0.3 is 0 Å². The first-order chi connectivity index (χ1) is 14.7. The van der Waals surface area contributed by atoms with E-state index in [4.69, 9.17) is 5.73 Å². The highest BCUT2D eigenvalue weighted by atomic mass is 15.0. The zero-order valence-electron chi connectivity index (χ0n) is 16.8. The quantitative estimate of drug-likeness (QED) is 0.407. The summed E-state index contributed by atoms with van der Waals surface area (Å²) in [5.41, 5.74) is 11.3. The van der Waals surface area contributed by atoms with Crippen molar-refractivity contribution >= 4 is 0 Å². The van der Waals surface area contributed by atoms with Crippen LogP contribution < -0.4 is 11.1 Å². The Morgan fingerprint density at radius 2 is 1.60 bits per heavy atom. The number of H-pyrrole nitrogens is 2. The summed E-state index contributed by atoms with van der Waals surface area (Å²) in [6.45, 7) is 2.94. The molecule has 30 heavy (non-hydrogen) atoms. The fraction of sp³-hybridized carbons (Fsp3) is 0.273. The molecule has 1 fully saturated rings. The third-order valence-electron chi connectivity index (χ3n) is 5.43. The molecule has 3 aromatic heterocycles. The van der Waals surface area contributed by atoms with Gasteiger partial charge in [0, 0.05) is 5.56 Å². The van der Waals surface area contributed by atoms with Crippen LogP contribution in [0.25, 0.3) is 33.9 Å². The van der Waals surface area contributed by atoms with Crippen molar-refractivity contribution in [3.63, 3.8) is 0 Å². The highest BCUT2D eigenvalue weighted by Crippen LogP contribution is 2.26. The highest BCUT2D eigenvalue weighted by molar-refractivity contribution is 5.66. The van der Waals surface area contributed by atoms with Crippen LogP contribution in [0.1, 0.15) is 43.5 Å². The van der Waals surface area contributed by atoms with Gasteiger partial charge in [-0.1, -0.05) is 24.3 Å². The molecule has 1 aliphatic heterocycles. The number of imidazole rings is 2. The fourth-order valence-electron chi connectivity index (χ4n) is 3.71. The average molecular weight is 400 g/mol. The molecule has 0 saturated carbocycles. The number of benzene rings is 1. The van der Waals surface area contributed by atoms with Gasteiger partial charge in [0.15, 0.2) is 0 Å². The lowest BCUT2D eigenvalue weighted by molar-refractivity contribution is 0.613. The minimum atomic E-state index is -0.148. The molecule has 1 aliphatic rings. The van der Waals surface area contributed by atoms with Crippen molar-refractivity contribution in [3.05, 3.63) is 60.7 Å². The molecule has 5 N–H and O–H groups in total. The first-order valence-electron chi connectivity index (χ1n) is 10.2. The van der Waals surface area contributed by atoms with Crippen LogP contribution in [0.5, 0.6) is 0 Å². The van der Waals surface area contributed by atoms with Gasteiger partial charge in [-0.15, -0.1) is 0 Å². The number of rotatable bonds is 5. The van der Waals surface area contributed by atoms with Crippen molar-refractivity contribution in [2.75, 3.05) is 6.54 Å². The number of hydrogen-bond acceptors (Lipinski definition) is 6. The molecule has 8 heteroatoms. The molecule has 0 radical (unpaired) electrons. The maximum atomic E-state index is 5.85. The third-order valence-corrected chi connectivity index (χ3v) is 5.43. The standard InChI is InChI=1S/C22H24N8/c1-13(23)21-27-12-20(30-21)19-11-25-17(9-26-19)14-4-6-15(7-5-14)18-10-28-22(29-18)16-3-2-8-24-16/h4-7,9-13,16,24H,2-3,8,23H2,1H3,(H,27,30)(H,28,29)/t13-,16-/m0/s1. The van der Waals surface area contributed by atoms with Gasteiger partial charge in [-0.2, -0.15) is 0 Å². The van der Waals surface area contributed by atoms with E-state index in [0.717, 1.165) is 58.5 Å². The van der Waals surface area contributed by atoms with Crippen LogP contribution >= 0.6 is 0 Å². The summed E-state index contributed by atoms with van der Waals surface area (Å²) in [5.74, 6) is 1.75. The van der Waals surface area contributed by atoms with Crippen LogP contribution in [-0.2, 0) is 0 Å². The van der Waals surface area contributed by atoms with E-state index in [9.17, 15) is 0 Å². The number of nitrogens with one attached hydrogen (secondary N) is 3. The molecule has 0 amide bonds. The van der Waals surface area contributed by atoms with E-state index >= 15 is 0 Å². The Kier molecular flexibility index (Phi) is 4.86. The summed E-state index contributed by atoms with van der Waals surface area (Å²) in [6, 6.07) is 8.45. The second kappa shape index (κ2) is 7.81. The van der Waals surface area contributed by atoms with Crippen LogP contribution in [0.3, 0.4) is 0 Å². The average Bonchev–Trinajstić information content (AvgIpc) is 3.55. The summed E-state index contributed by atoms with van der Waals surface area (Å²) in [7, 11) is 0. The van der Waals surface area contributed by atoms with Crippen molar-refractivity contribution in [1.82, 2.24) is 35.2 Å². The van der Waals surface area contributed by atoms with Gasteiger partial charge in [-0.25, -0.2) is 9.97 Å². The molecule has 8 nitrogen and oxygen atoms in total. The Morgan fingerprint density at radius 1 is 0.867 bits per heavy atom. The third kappa shape index (κ3) is 3.62. The van der Waals surface area contributed by atoms with Crippen molar-refractivity contribution < 1.29 is 0 Å². The number of aromatic amines is 2. The monoisotopic (exact) mass is 400 g/mol. The minimum absolute atomic E-state index is 0.148. The van der Waals surface area contributed by atoms with E-state index in [1.54, 1.807) is 18.6 Å². The van der Waals surface area contributed by atoms with Gasteiger partial charge in [0.05, 0.1) is 54.0 Å². The maximum Gasteiger partial charge on any atom is 0.123 e. The molecule has 0 unspecified atom stereocenters. The van der Waals surface area contributed by atoms with E-state index < -0.39 is 0 Å². The van der Waals surface area contributed by atoms with E-state index in [0.29, 0.717) is 6.04 Å². The first-order valence-corrected chi connectivity index (χ1v) is 10.2. The van der Waals surface area contributed by atoms with Crippen molar-refractivity contribution in [1.29, 1.82) is 0 Å². The molecular formula is C22H24N8. The molecule has 5 rings (SSSR count). The summed E-state index contributed by atoms with van der Waals surface area (Å²) in [6.07, 6.45) is 9.49. The molecule has 1 aromatic carbocycles. The van der Waals surface area contributed by atoms with Crippen LogP contribution in [0.15, 0.2) is 49.1 Å². The molecule has 1 saturated heterocycles. The molecule has 2 atom stereocenters. The Morgan fingerprint density at radius 3 is 2.27 bits per heavy atom. The molecule has 0 spiro atoms. The molecule has 0 bridgehead atoms. The van der Waals surface area contributed by atoms with Crippen molar-refractivity contribution in [2.24, 2.45) is 5.73 Å². The van der Waals surface area contributed by atoms with Crippen LogP contribution in [0.4, 0.5) is 0 Å². The molecule has 152 valence electrons. The number of nitrogens with two attached hydrogens (primary N) is 1. The first kappa shape index (κ1) is 18.7. The Labute approximate surface area is 174 Å². The number of hydrogen-bond donors (Lipinski definition) is 4. The molecule has 0 aliphatic carbocycles. The van der Waals surface area contributed by atoms with Crippen LogP contribution in [-0.4, -0.2) is 36.4 Å². The van der Waals surface area contributed by atoms with Gasteiger partial charge < -0.3 is 21.0 Å². The normalized spacial score (nSPS) is 17.3. The number of nitrogens with zero attached hydrogens (tertiary/aromatic N) is 4. The Hall–Kier alpha value is -3.36. The molecule has 4 aromatic rings. The lowest BCUT2D eigenvalue weighted by atomic mass is 10.1. The zero-order valence-corrected chi connectivity index (χ0v) is 16.8. The fourth-order valence-corrected chi connectivity index (χ4v) is 3.71. The highest BCUT2D eigenvalue weighted by Gasteiger charge is 2.19. The van der Waals surface area contributed by atoms with Gasteiger partial charge in [0.1, 0.15) is 17.3 Å². The Bertz CT molecular complexity index is 1120.